The maximum absolute atomic E-state index is 12.2. The smallest absolute Gasteiger partial charge is 0.308 e. The van der Waals surface area contributed by atoms with Crippen molar-refractivity contribution in [3.05, 3.63) is 51.8 Å². The van der Waals surface area contributed by atoms with Gasteiger partial charge >= 0.3 is 5.97 Å². The fourth-order valence-corrected chi connectivity index (χ4v) is 3.90. The minimum atomic E-state index is -0.793. The van der Waals surface area contributed by atoms with Gasteiger partial charge in [-0.25, -0.2) is 0 Å². The molecule has 2 unspecified atom stereocenters. The van der Waals surface area contributed by atoms with Gasteiger partial charge in [0.15, 0.2) is 5.76 Å². The van der Waals surface area contributed by atoms with Crippen LogP contribution < -0.4 is 0 Å². The second-order valence-corrected chi connectivity index (χ2v) is 9.84. The van der Waals surface area contributed by atoms with Crippen LogP contribution in [0.4, 0.5) is 0 Å². The molecule has 0 bridgehead atoms. The van der Waals surface area contributed by atoms with Gasteiger partial charge in [-0.05, 0) is 29.9 Å². The fraction of sp³-hybridized carbons (Fsp3) is 0.500. The van der Waals surface area contributed by atoms with Crippen LogP contribution in [0, 0.1) is 6.92 Å². The first kappa shape index (κ1) is 25.0. The highest BCUT2D eigenvalue weighted by atomic mass is 35.5. The number of carbonyl (C=O) groups excluding carboxylic acids is 1. The molecule has 2 heterocycles. The lowest BCUT2D eigenvalue weighted by Gasteiger charge is -2.22. The number of aromatic nitrogens is 2. The minimum Gasteiger partial charge on any atom is -0.452 e. The third-order valence-corrected chi connectivity index (χ3v) is 6.03. The van der Waals surface area contributed by atoms with Crippen LogP contribution in [-0.2, 0) is 26.7 Å². The van der Waals surface area contributed by atoms with Crippen LogP contribution >= 0.6 is 11.6 Å². The maximum Gasteiger partial charge on any atom is 0.308 e. The summed E-state index contributed by atoms with van der Waals surface area (Å²) >= 11 is 6.66. The van der Waals surface area contributed by atoms with Gasteiger partial charge in [0.25, 0.3) is 0 Å². The molecule has 178 valence electrons. The summed E-state index contributed by atoms with van der Waals surface area (Å²) in [6.07, 6.45) is 3.14. The number of nitrogens with zero attached hydrogens (tertiary/aromatic N) is 3. The van der Waals surface area contributed by atoms with Crippen LogP contribution in [0.2, 0.25) is 5.02 Å². The third-order valence-electron chi connectivity index (χ3n) is 5.58. The number of hydrogen-bond donors (Lipinski definition) is 0. The average Bonchev–Trinajstić information content (AvgIpc) is 3.53. The van der Waals surface area contributed by atoms with E-state index in [0.717, 1.165) is 24.0 Å². The summed E-state index contributed by atoms with van der Waals surface area (Å²) in [5.41, 5.74) is 4.45. The molecule has 0 N–H and O–H groups in total. The molecule has 0 saturated carbocycles. The maximum atomic E-state index is 12.2. The van der Waals surface area contributed by atoms with Crippen LogP contribution in [0.3, 0.4) is 0 Å². The number of carbonyl (C=O) groups is 1. The summed E-state index contributed by atoms with van der Waals surface area (Å²) in [4.78, 5) is 16.6. The number of halogens is 1. The van der Waals surface area contributed by atoms with E-state index in [2.05, 4.69) is 55.1 Å². The molecule has 1 aromatic carbocycles. The predicted octanol–water partition coefficient (Wildman–Crippen LogP) is 6.10. The van der Waals surface area contributed by atoms with Crippen molar-refractivity contribution in [1.82, 2.24) is 9.78 Å². The van der Waals surface area contributed by atoms with Crippen molar-refractivity contribution >= 4 is 35.1 Å². The van der Waals surface area contributed by atoms with Crippen molar-refractivity contribution in [2.45, 2.75) is 78.6 Å². The molecule has 0 amide bonds. The van der Waals surface area contributed by atoms with Gasteiger partial charge < -0.3 is 9.47 Å². The van der Waals surface area contributed by atoms with Crippen LogP contribution in [0.5, 0.6) is 0 Å². The number of benzene rings is 1. The Balaban J connectivity index is 2.06. The molecule has 3 rings (SSSR count). The van der Waals surface area contributed by atoms with Gasteiger partial charge in [0.05, 0.1) is 10.7 Å². The van der Waals surface area contributed by atoms with Gasteiger partial charge in [-0.15, -0.1) is 0 Å². The van der Waals surface area contributed by atoms with Gasteiger partial charge in [-0.1, -0.05) is 70.0 Å². The number of unbranched alkanes of at least 4 members (excludes halogenated alkanes) is 1. The van der Waals surface area contributed by atoms with Crippen molar-refractivity contribution in [2.75, 3.05) is 0 Å². The zero-order chi connectivity index (χ0) is 24.3. The summed E-state index contributed by atoms with van der Waals surface area (Å²) < 4.78 is 13.5. The molecular formula is C26H34ClN3O3. The van der Waals surface area contributed by atoms with Crippen molar-refractivity contribution < 1.29 is 14.3 Å². The first-order valence-corrected chi connectivity index (χ1v) is 11.8. The van der Waals surface area contributed by atoms with E-state index in [-0.39, 0.29) is 17.4 Å². The highest BCUT2D eigenvalue weighted by Crippen LogP contribution is 2.39. The van der Waals surface area contributed by atoms with Crippen molar-refractivity contribution in [3.8, 4) is 0 Å². The largest absolute Gasteiger partial charge is 0.452 e. The van der Waals surface area contributed by atoms with Gasteiger partial charge in [0.2, 0.25) is 6.29 Å². The summed E-state index contributed by atoms with van der Waals surface area (Å²) in [5, 5.41) is 4.97. The van der Waals surface area contributed by atoms with Gasteiger partial charge in [0, 0.05) is 32.2 Å². The average molecular weight is 472 g/mol. The van der Waals surface area contributed by atoms with Crippen molar-refractivity contribution in [2.24, 2.45) is 12.0 Å². The molecule has 0 aliphatic carbocycles. The van der Waals surface area contributed by atoms with Crippen LogP contribution in [0.1, 0.15) is 76.4 Å². The van der Waals surface area contributed by atoms with Crippen LogP contribution in [0.25, 0.3) is 11.3 Å². The van der Waals surface area contributed by atoms with Gasteiger partial charge in [-0.2, -0.15) is 5.10 Å². The summed E-state index contributed by atoms with van der Waals surface area (Å²) in [7, 11) is 1.82. The highest BCUT2D eigenvalue weighted by Gasteiger charge is 2.31. The molecule has 0 saturated heterocycles. The second-order valence-electron chi connectivity index (χ2n) is 9.46. The Labute approximate surface area is 201 Å². The first-order chi connectivity index (χ1) is 15.5. The lowest BCUT2D eigenvalue weighted by atomic mass is 9.86. The monoisotopic (exact) mass is 471 g/mol. The number of aryl methyl sites for hydroxylation is 2. The lowest BCUT2D eigenvalue weighted by Crippen LogP contribution is -2.20. The summed E-state index contributed by atoms with van der Waals surface area (Å²) in [6.45, 7) is 12.2. The molecule has 33 heavy (non-hydrogen) atoms. The Hall–Kier alpha value is -2.60. The standard InChI is InChI=1S/C26H34ClN3O3/c1-8-9-10-21(31)32-17(3)33-25(24-23(27)16(2)29-30(24)7)22(20-15-28-20)18-11-13-19(14-12-18)26(4,5)6/h11-15,17,20H,8-10H2,1-7H3/b25-22+. The van der Waals surface area contributed by atoms with E-state index in [1.165, 1.54) is 5.56 Å². The van der Waals surface area contributed by atoms with Crippen LogP contribution in [-0.4, -0.2) is 34.3 Å². The molecule has 1 aromatic heterocycles. The Morgan fingerprint density at radius 2 is 1.85 bits per heavy atom. The first-order valence-electron chi connectivity index (χ1n) is 11.5. The number of esters is 1. The second kappa shape index (κ2) is 10.1. The summed E-state index contributed by atoms with van der Waals surface area (Å²) in [6, 6.07) is 8.28. The summed E-state index contributed by atoms with van der Waals surface area (Å²) in [5.74, 6) is 0.236. The van der Waals surface area contributed by atoms with Crippen molar-refractivity contribution in [1.29, 1.82) is 0 Å². The molecule has 7 heteroatoms. The van der Waals surface area contributed by atoms with E-state index in [4.69, 9.17) is 21.1 Å². The molecule has 1 aliphatic rings. The van der Waals surface area contributed by atoms with E-state index < -0.39 is 6.29 Å². The molecule has 1 aliphatic heterocycles. The third kappa shape index (κ3) is 6.05. The van der Waals surface area contributed by atoms with E-state index in [1.807, 2.05) is 27.1 Å². The Morgan fingerprint density at radius 1 is 1.21 bits per heavy atom. The zero-order valence-electron chi connectivity index (χ0n) is 20.6. The van der Waals surface area contributed by atoms with Crippen molar-refractivity contribution in [3.63, 3.8) is 0 Å². The number of hydrogen-bond acceptors (Lipinski definition) is 5. The Kier molecular flexibility index (Phi) is 7.68. The topological polar surface area (TPSA) is 65.7 Å². The van der Waals surface area contributed by atoms with E-state index >= 15 is 0 Å². The van der Waals surface area contributed by atoms with Crippen LogP contribution in [0.15, 0.2) is 29.3 Å². The van der Waals surface area contributed by atoms with E-state index in [0.29, 0.717) is 28.6 Å². The predicted molar refractivity (Wildman–Crippen MR) is 133 cm³/mol. The number of rotatable bonds is 9. The fourth-order valence-electron chi connectivity index (χ4n) is 3.66. The Morgan fingerprint density at radius 3 is 2.33 bits per heavy atom. The molecule has 2 atom stereocenters. The normalized spacial score (nSPS) is 16.9. The lowest BCUT2D eigenvalue weighted by molar-refractivity contribution is -0.164. The molecule has 2 aromatic rings. The molecular weight excluding hydrogens is 438 g/mol. The minimum absolute atomic E-state index is 0.0431. The van der Waals surface area contributed by atoms with Gasteiger partial charge in [-0.3, -0.25) is 14.5 Å². The SMILES string of the molecule is CCCCC(=O)OC(C)O/C(=C(\c1ccc(C(C)(C)C)cc1)C1C=N1)c1c(Cl)c(C)nn1C. The van der Waals surface area contributed by atoms with Gasteiger partial charge in [0.1, 0.15) is 11.7 Å². The van der Waals surface area contributed by atoms with E-state index in [1.54, 1.807) is 11.6 Å². The Bertz CT molecular complexity index is 1060. The molecule has 0 spiro atoms. The molecule has 6 nitrogen and oxygen atoms in total. The molecule has 0 radical (unpaired) electrons. The van der Waals surface area contributed by atoms with E-state index in [9.17, 15) is 4.79 Å². The number of ether oxygens (including phenoxy) is 2. The molecule has 0 fully saturated rings. The quantitative estimate of drug-likeness (QED) is 0.252. The number of aliphatic imine (C=N–C) groups is 1. The highest BCUT2D eigenvalue weighted by molar-refractivity contribution is 6.33. The zero-order valence-corrected chi connectivity index (χ0v) is 21.4.